The lowest BCUT2D eigenvalue weighted by Gasteiger charge is -2.36. The molecular weight excluding hydrogens is 232 g/mol. The summed E-state index contributed by atoms with van der Waals surface area (Å²) < 4.78 is 0. The van der Waals surface area contributed by atoms with Gasteiger partial charge < -0.3 is 5.73 Å². The van der Waals surface area contributed by atoms with Crippen LogP contribution in [0.25, 0.3) is 0 Å². The van der Waals surface area contributed by atoms with Crippen LogP contribution in [0.5, 0.6) is 0 Å². The first-order chi connectivity index (χ1) is 9.24. The van der Waals surface area contributed by atoms with Crippen LogP contribution in [0.3, 0.4) is 0 Å². The first-order valence-electron chi connectivity index (χ1n) is 7.80. The van der Waals surface area contributed by atoms with Crippen LogP contribution in [0.2, 0.25) is 0 Å². The molecule has 0 aliphatic heterocycles. The zero-order chi connectivity index (χ0) is 13.2. The minimum Gasteiger partial charge on any atom is -0.326 e. The molecule has 0 saturated heterocycles. The van der Waals surface area contributed by atoms with E-state index in [2.05, 4.69) is 30.1 Å². The number of nitrogens with two attached hydrogens (primary N) is 1. The summed E-state index contributed by atoms with van der Waals surface area (Å²) in [6.07, 6.45) is 9.00. The molecule has 2 atom stereocenters. The van der Waals surface area contributed by atoms with Crippen LogP contribution < -0.4 is 5.73 Å². The highest BCUT2D eigenvalue weighted by molar-refractivity contribution is 5.35. The van der Waals surface area contributed by atoms with Gasteiger partial charge in [0, 0.05) is 18.6 Å². The monoisotopic (exact) mass is 258 g/mol. The highest BCUT2D eigenvalue weighted by Crippen LogP contribution is 2.25. The third-order valence-electron chi connectivity index (χ3n) is 4.94. The van der Waals surface area contributed by atoms with Gasteiger partial charge in [-0.3, -0.25) is 4.90 Å². The van der Waals surface area contributed by atoms with Gasteiger partial charge in [-0.05, 0) is 55.8 Å². The summed E-state index contributed by atoms with van der Waals surface area (Å²) in [6.45, 7) is 1.05. The van der Waals surface area contributed by atoms with Crippen molar-refractivity contribution in [3.63, 3.8) is 0 Å². The first-order valence-corrected chi connectivity index (χ1v) is 7.80. The largest absolute Gasteiger partial charge is 0.326 e. The van der Waals surface area contributed by atoms with Crippen molar-refractivity contribution < 1.29 is 0 Å². The van der Waals surface area contributed by atoms with Gasteiger partial charge >= 0.3 is 0 Å². The lowest BCUT2D eigenvalue weighted by Crippen LogP contribution is -2.47. The Kier molecular flexibility index (Phi) is 3.90. The van der Waals surface area contributed by atoms with Crippen LogP contribution in [0.15, 0.2) is 18.2 Å². The van der Waals surface area contributed by atoms with Crippen molar-refractivity contribution >= 4 is 0 Å². The molecule has 0 bridgehead atoms. The summed E-state index contributed by atoms with van der Waals surface area (Å²) in [4.78, 5) is 2.47. The second-order valence-electron chi connectivity index (χ2n) is 6.39. The highest BCUT2D eigenvalue weighted by Gasteiger charge is 2.25. The molecule has 2 heteroatoms. The van der Waals surface area contributed by atoms with Crippen molar-refractivity contribution in [3.05, 3.63) is 34.9 Å². The quantitative estimate of drug-likeness (QED) is 0.903. The molecule has 0 radical (unpaired) electrons. The van der Waals surface area contributed by atoms with Gasteiger partial charge in [-0.25, -0.2) is 0 Å². The average molecular weight is 258 g/mol. The van der Waals surface area contributed by atoms with Crippen LogP contribution in [-0.4, -0.2) is 24.0 Å². The maximum atomic E-state index is 6.28. The zero-order valence-electron chi connectivity index (χ0n) is 12.1. The SMILES string of the molecule is CN(Cc1ccc2c(c1)CCC2)C1CCCCC1N. The third-order valence-corrected chi connectivity index (χ3v) is 4.94. The van der Waals surface area contributed by atoms with Crippen molar-refractivity contribution in [2.24, 2.45) is 5.73 Å². The number of nitrogens with zero attached hydrogens (tertiary/aromatic N) is 1. The second-order valence-corrected chi connectivity index (χ2v) is 6.39. The van der Waals surface area contributed by atoms with E-state index in [1.807, 2.05) is 0 Å². The lowest BCUT2D eigenvalue weighted by molar-refractivity contribution is 0.162. The van der Waals surface area contributed by atoms with Crippen LogP contribution in [0, 0.1) is 0 Å². The maximum Gasteiger partial charge on any atom is 0.0247 e. The molecule has 3 rings (SSSR count). The molecule has 104 valence electrons. The molecule has 0 spiro atoms. The average Bonchev–Trinajstić information content (AvgIpc) is 2.86. The van der Waals surface area contributed by atoms with Crippen LogP contribution in [0.1, 0.15) is 48.8 Å². The summed E-state index contributed by atoms with van der Waals surface area (Å²) in [5, 5.41) is 0. The molecule has 2 nitrogen and oxygen atoms in total. The van der Waals surface area contributed by atoms with E-state index in [-0.39, 0.29) is 0 Å². The van der Waals surface area contributed by atoms with Gasteiger partial charge in [0.05, 0.1) is 0 Å². The Bertz CT molecular complexity index is 441. The molecule has 19 heavy (non-hydrogen) atoms. The second kappa shape index (κ2) is 5.64. The summed E-state index contributed by atoms with van der Waals surface area (Å²) in [5.41, 5.74) is 10.9. The molecule has 0 heterocycles. The topological polar surface area (TPSA) is 29.3 Å². The summed E-state index contributed by atoms with van der Waals surface area (Å²) in [6, 6.07) is 8.02. The molecule has 2 aliphatic carbocycles. The van der Waals surface area contributed by atoms with E-state index in [0.29, 0.717) is 12.1 Å². The van der Waals surface area contributed by atoms with Crippen molar-refractivity contribution in [2.45, 2.75) is 63.6 Å². The van der Waals surface area contributed by atoms with Crippen LogP contribution in [0.4, 0.5) is 0 Å². The van der Waals surface area contributed by atoms with Gasteiger partial charge in [-0.1, -0.05) is 31.0 Å². The van der Waals surface area contributed by atoms with Crippen molar-refractivity contribution in [2.75, 3.05) is 7.05 Å². The van der Waals surface area contributed by atoms with E-state index < -0.39 is 0 Å². The van der Waals surface area contributed by atoms with E-state index in [1.54, 1.807) is 11.1 Å². The van der Waals surface area contributed by atoms with E-state index in [0.717, 1.165) is 6.54 Å². The van der Waals surface area contributed by atoms with Crippen LogP contribution >= 0.6 is 0 Å². The molecule has 2 unspecified atom stereocenters. The Labute approximate surface area is 117 Å². The number of aryl methyl sites for hydroxylation is 2. The molecule has 1 saturated carbocycles. The van der Waals surface area contributed by atoms with Gasteiger partial charge in [0.2, 0.25) is 0 Å². The summed E-state index contributed by atoms with van der Waals surface area (Å²) >= 11 is 0. The van der Waals surface area contributed by atoms with Gasteiger partial charge in [0.25, 0.3) is 0 Å². The summed E-state index contributed by atoms with van der Waals surface area (Å²) in [5.74, 6) is 0. The molecule has 1 aromatic rings. The summed E-state index contributed by atoms with van der Waals surface area (Å²) in [7, 11) is 2.24. The van der Waals surface area contributed by atoms with Crippen molar-refractivity contribution in [1.82, 2.24) is 4.90 Å². The van der Waals surface area contributed by atoms with Gasteiger partial charge in [-0.2, -0.15) is 0 Å². The Morgan fingerprint density at radius 1 is 1.11 bits per heavy atom. The zero-order valence-corrected chi connectivity index (χ0v) is 12.1. The molecule has 1 aromatic carbocycles. The minimum absolute atomic E-state index is 0.369. The predicted octanol–water partition coefficient (Wildman–Crippen LogP) is 2.88. The maximum absolute atomic E-state index is 6.28. The molecule has 1 fully saturated rings. The molecular formula is C17H26N2. The fourth-order valence-electron chi connectivity index (χ4n) is 3.82. The number of hydrogen-bond donors (Lipinski definition) is 1. The third kappa shape index (κ3) is 2.85. The highest BCUT2D eigenvalue weighted by atomic mass is 15.1. The Hall–Kier alpha value is -0.860. The van der Waals surface area contributed by atoms with Gasteiger partial charge in [0.1, 0.15) is 0 Å². The fraction of sp³-hybridized carbons (Fsp3) is 0.647. The Morgan fingerprint density at radius 2 is 1.89 bits per heavy atom. The van der Waals surface area contributed by atoms with Gasteiger partial charge in [0.15, 0.2) is 0 Å². The number of fused-ring (bicyclic) bond motifs is 1. The minimum atomic E-state index is 0.369. The molecule has 0 aromatic heterocycles. The van der Waals surface area contributed by atoms with Crippen molar-refractivity contribution in [1.29, 1.82) is 0 Å². The van der Waals surface area contributed by atoms with Crippen LogP contribution in [-0.2, 0) is 19.4 Å². The standard InChI is InChI=1S/C17H26N2/c1-19(17-8-3-2-7-16(17)18)12-13-9-10-14-5-4-6-15(14)11-13/h9-11,16-17H,2-8,12,18H2,1H3. The molecule has 0 amide bonds. The fourth-order valence-corrected chi connectivity index (χ4v) is 3.82. The first kappa shape index (κ1) is 13.1. The normalized spacial score (nSPS) is 26.7. The van der Waals surface area contributed by atoms with E-state index >= 15 is 0 Å². The van der Waals surface area contributed by atoms with E-state index in [1.165, 1.54) is 50.5 Å². The lowest BCUT2D eigenvalue weighted by atomic mass is 9.90. The smallest absolute Gasteiger partial charge is 0.0247 e. The predicted molar refractivity (Wildman–Crippen MR) is 80.2 cm³/mol. The number of rotatable bonds is 3. The number of hydrogen-bond acceptors (Lipinski definition) is 2. The van der Waals surface area contributed by atoms with Crippen molar-refractivity contribution in [3.8, 4) is 0 Å². The van der Waals surface area contributed by atoms with Gasteiger partial charge in [-0.15, -0.1) is 0 Å². The number of benzene rings is 1. The Morgan fingerprint density at radius 3 is 2.74 bits per heavy atom. The number of likely N-dealkylation sites (N-methyl/N-ethyl adjacent to an activating group) is 1. The molecule has 2 N–H and O–H groups in total. The molecule has 2 aliphatic rings. The van der Waals surface area contributed by atoms with E-state index in [9.17, 15) is 0 Å². The van der Waals surface area contributed by atoms with E-state index in [4.69, 9.17) is 5.73 Å². The Balaban J connectivity index is 1.67.